The molecule has 0 saturated heterocycles. The molecule has 0 unspecified atom stereocenters. The number of ether oxygens (including phenoxy) is 1. The van der Waals surface area contributed by atoms with Crippen LogP contribution in [0.1, 0.15) is 59.5 Å². The quantitative estimate of drug-likeness (QED) is 0.173. The van der Waals surface area contributed by atoms with Crippen molar-refractivity contribution in [1.29, 1.82) is 0 Å². The molecule has 0 bridgehead atoms. The van der Waals surface area contributed by atoms with Gasteiger partial charge in [-0.15, -0.1) is 0 Å². The van der Waals surface area contributed by atoms with Gasteiger partial charge in [0, 0.05) is 55.2 Å². The Morgan fingerprint density at radius 3 is 2.14 bits per heavy atom. The van der Waals surface area contributed by atoms with Crippen LogP contribution in [-0.4, -0.2) is 14.1 Å². The molecule has 0 amide bonds. The first-order valence-corrected chi connectivity index (χ1v) is 22.0. The van der Waals surface area contributed by atoms with E-state index in [-0.39, 0.29) is 68.5 Å². The molecule has 5 nitrogen and oxygen atoms in total. The number of para-hydroxylation sites is 3. The van der Waals surface area contributed by atoms with Crippen LogP contribution in [-0.2, 0) is 12.1 Å². The van der Waals surface area contributed by atoms with Crippen molar-refractivity contribution in [2.24, 2.45) is 0 Å². The number of nitrogens with zero attached hydrogens (tertiary/aromatic N) is 4. The van der Waals surface area contributed by atoms with Gasteiger partial charge in [0.05, 0.1) is 40.1 Å². The molecule has 1 aliphatic heterocycles. The van der Waals surface area contributed by atoms with E-state index in [0.717, 1.165) is 65.7 Å². The highest BCUT2D eigenvalue weighted by Crippen LogP contribution is 2.44. The van der Waals surface area contributed by atoms with Gasteiger partial charge in [0.15, 0.2) is 0 Å². The van der Waals surface area contributed by atoms with Crippen molar-refractivity contribution < 1.29 is 21.2 Å². The smallest absolute Gasteiger partial charge is 0.137 e. The van der Waals surface area contributed by atoms with E-state index in [1.54, 1.807) is 0 Å². The summed E-state index contributed by atoms with van der Waals surface area (Å²) >= 11 is 0. The summed E-state index contributed by atoms with van der Waals surface area (Å²) in [6.07, 6.45) is 1.42. The SMILES string of the molecule is [2H]c1c(Oc2cc3c(c([2H])c2[2H])c2c([2H])c([2H])c([2H])c([2H])c2n3-c2cc(C([2H])([2H])[2H])c(-c3ccc(C(C)(C)C)cc3)cn2)cc(N2Cn3c4c(C)cccc4c4cc(C)ccc4c4ccccc4c4cccc2c43)c([2H])c1[2H]. The van der Waals surface area contributed by atoms with E-state index in [1.807, 2.05) is 53.4 Å². The van der Waals surface area contributed by atoms with Crippen LogP contribution in [0.4, 0.5) is 11.4 Å². The largest absolute Gasteiger partial charge is 0.457 e. The highest BCUT2D eigenvalue weighted by Gasteiger charge is 2.25. The molecule has 66 heavy (non-hydrogen) atoms. The van der Waals surface area contributed by atoms with Gasteiger partial charge < -0.3 is 14.2 Å². The number of rotatable bonds is 5. The number of aryl methyl sites for hydroxylation is 3. The second kappa shape index (κ2) is 15.1. The lowest BCUT2D eigenvalue weighted by molar-refractivity contribution is 0.483. The number of aromatic nitrogens is 3. The van der Waals surface area contributed by atoms with Gasteiger partial charge in [-0.1, -0.05) is 148 Å². The average Bonchev–Trinajstić information content (AvgIpc) is 4.16. The fourth-order valence-electron chi connectivity index (χ4n) is 9.70. The Balaban J connectivity index is 1.06. The minimum Gasteiger partial charge on any atom is -0.457 e. The molecule has 0 fully saturated rings. The van der Waals surface area contributed by atoms with E-state index in [0.29, 0.717) is 11.1 Å². The summed E-state index contributed by atoms with van der Waals surface area (Å²) in [6.45, 7) is 7.92. The summed E-state index contributed by atoms with van der Waals surface area (Å²) in [7, 11) is 0. The van der Waals surface area contributed by atoms with Gasteiger partial charge in [0.25, 0.3) is 0 Å². The topological polar surface area (TPSA) is 35.2 Å². The minimum atomic E-state index is -2.68. The minimum absolute atomic E-state index is 0.0319. The van der Waals surface area contributed by atoms with Crippen LogP contribution in [0.15, 0.2) is 182 Å². The second-order valence-electron chi connectivity index (χ2n) is 18.1. The molecular weight excluding hydrogens is 805 g/mol. The lowest BCUT2D eigenvalue weighted by Gasteiger charge is -2.21. The maximum Gasteiger partial charge on any atom is 0.137 e. The van der Waals surface area contributed by atoms with Gasteiger partial charge in [0.1, 0.15) is 24.0 Å². The van der Waals surface area contributed by atoms with E-state index in [9.17, 15) is 8.22 Å². The first-order valence-electron chi connectivity index (χ1n) is 28.0. The van der Waals surface area contributed by atoms with Crippen LogP contribution in [0.3, 0.4) is 0 Å². The molecule has 0 saturated carbocycles. The van der Waals surface area contributed by atoms with E-state index in [4.69, 9.17) is 17.9 Å². The molecule has 12 rings (SSSR count). The molecule has 4 heterocycles. The Kier molecular flexibility index (Phi) is 6.59. The summed E-state index contributed by atoms with van der Waals surface area (Å²) in [5, 5.41) is 6.09. The van der Waals surface area contributed by atoms with Crippen LogP contribution in [0.5, 0.6) is 11.5 Å². The fourth-order valence-corrected chi connectivity index (χ4v) is 9.70. The van der Waals surface area contributed by atoms with Crippen molar-refractivity contribution in [2.75, 3.05) is 4.90 Å². The van der Waals surface area contributed by atoms with E-state index < -0.39 is 55.2 Å². The summed E-state index contributed by atoms with van der Waals surface area (Å²) in [5.41, 5.74) is 6.66. The predicted molar refractivity (Wildman–Crippen MR) is 278 cm³/mol. The van der Waals surface area contributed by atoms with Gasteiger partial charge >= 0.3 is 0 Å². The van der Waals surface area contributed by atoms with Crippen molar-refractivity contribution in [3.63, 3.8) is 0 Å². The van der Waals surface area contributed by atoms with E-state index >= 15 is 0 Å². The Morgan fingerprint density at radius 1 is 0.591 bits per heavy atom. The van der Waals surface area contributed by atoms with E-state index in [1.165, 1.54) is 29.0 Å². The van der Waals surface area contributed by atoms with Crippen LogP contribution in [0.2, 0.25) is 0 Å². The maximum atomic E-state index is 9.52. The average molecular weight is 867 g/mol. The number of hydrogen-bond donors (Lipinski definition) is 0. The second-order valence-corrected chi connectivity index (χ2v) is 18.1. The van der Waals surface area contributed by atoms with Gasteiger partial charge in [-0.2, -0.15) is 0 Å². The molecule has 1 aliphatic rings. The van der Waals surface area contributed by atoms with Crippen LogP contribution in [0, 0.1) is 20.7 Å². The lowest BCUT2D eigenvalue weighted by atomic mass is 9.86. The summed E-state index contributed by atoms with van der Waals surface area (Å²) in [4.78, 5) is 6.69. The summed E-state index contributed by atoms with van der Waals surface area (Å²) < 4.78 is 119. The third-order valence-electron chi connectivity index (χ3n) is 12.9. The molecule has 0 atom stereocenters. The van der Waals surface area contributed by atoms with Crippen molar-refractivity contribution in [3.8, 4) is 28.4 Å². The Morgan fingerprint density at radius 2 is 1.32 bits per heavy atom. The molecule has 11 aromatic rings. The normalized spacial score (nSPS) is 15.4. The first kappa shape index (κ1) is 28.8. The fraction of sp³-hybridized carbons (Fsp3) is 0.131. The summed E-state index contributed by atoms with van der Waals surface area (Å²) in [6, 6.07) is 34.7. The highest BCUT2D eigenvalue weighted by atomic mass is 16.5. The number of hydrogen-bond acceptors (Lipinski definition) is 3. The van der Waals surface area contributed by atoms with Crippen LogP contribution >= 0.6 is 0 Å². The van der Waals surface area contributed by atoms with Crippen LogP contribution in [0.25, 0.3) is 82.1 Å². The molecule has 0 aliphatic carbocycles. The van der Waals surface area contributed by atoms with Gasteiger partial charge in [-0.25, -0.2) is 4.98 Å². The molecule has 5 heteroatoms. The Bertz CT molecular complexity index is 4500. The maximum absolute atomic E-state index is 9.52. The number of fused-ring (bicyclic) bond motifs is 10. The standard InChI is InChI=1S/C61H50N4O/c1-38-24-30-48-46-17-7-8-18-47(46)51-21-13-23-56-60(51)64(59-39(2)14-11-20-52(59)53(48)32-38)37-63(56)43-15-12-16-44(34-43)66-45-29-31-50-49-19-9-10-22-55(49)65(57(50)35-45)58-33-40(3)54(36-62-58)41-25-27-42(28-26-41)61(4,5)6/h7-36H,37H2,1-6H3/i3D3,9D,10D,12D,15D,16D,19D,22D,29D,31D. The number of pyridine rings is 1. The zero-order valence-electron chi connectivity index (χ0n) is 49.0. The van der Waals surface area contributed by atoms with Gasteiger partial charge in [0.2, 0.25) is 0 Å². The monoisotopic (exact) mass is 866 g/mol. The molecule has 8 aromatic carbocycles. The predicted octanol–water partition coefficient (Wildman–Crippen LogP) is 16.5. The van der Waals surface area contributed by atoms with Crippen molar-refractivity contribution in [2.45, 2.75) is 53.6 Å². The Labute approximate surface area is 401 Å². The molecule has 0 spiro atoms. The van der Waals surface area contributed by atoms with Crippen molar-refractivity contribution >= 4 is 76.5 Å². The lowest BCUT2D eigenvalue weighted by Crippen LogP contribution is -2.14. The number of anilines is 2. The van der Waals surface area contributed by atoms with Crippen LogP contribution < -0.4 is 9.64 Å². The molecule has 0 N–H and O–H groups in total. The Hall–Kier alpha value is -7.89. The van der Waals surface area contributed by atoms with E-state index in [2.05, 4.69) is 93.8 Å². The molecule has 3 aromatic heterocycles. The van der Waals surface area contributed by atoms with Gasteiger partial charge in [-0.3, -0.25) is 4.57 Å². The zero-order chi connectivity index (χ0) is 55.2. The third kappa shape index (κ3) is 6.41. The zero-order valence-corrected chi connectivity index (χ0v) is 37.0. The first-order chi connectivity index (χ1) is 37.0. The van der Waals surface area contributed by atoms with Crippen molar-refractivity contribution in [1.82, 2.24) is 14.1 Å². The number of benzene rings is 8. The molecular formula is C61H50N4O. The third-order valence-corrected chi connectivity index (χ3v) is 12.9. The van der Waals surface area contributed by atoms with Gasteiger partial charge in [-0.05, 0) is 112 Å². The molecule has 320 valence electrons. The van der Waals surface area contributed by atoms with Crippen molar-refractivity contribution in [3.05, 3.63) is 204 Å². The molecule has 0 radical (unpaired) electrons. The summed E-state index contributed by atoms with van der Waals surface area (Å²) in [5.74, 6) is -0.495. The highest BCUT2D eigenvalue weighted by molar-refractivity contribution is 6.21.